The van der Waals surface area contributed by atoms with Crippen molar-refractivity contribution in [2.45, 2.75) is 33.2 Å². The van der Waals surface area contributed by atoms with Gasteiger partial charge in [0, 0.05) is 24.3 Å². The third-order valence-corrected chi connectivity index (χ3v) is 4.77. The van der Waals surface area contributed by atoms with Gasteiger partial charge in [-0.3, -0.25) is 4.79 Å². The van der Waals surface area contributed by atoms with E-state index in [9.17, 15) is 9.59 Å². The summed E-state index contributed by atoms with van der Waals surface area (Å²) in [5.74, 6) is 0.770. The highest BCUT2D eigenvalue weighted by Crippen LogP contribution is 2.24. The molecule has 0 bridgehead atoms. The van der Waals surface area contributed by atoms with Crippen molar-refractivity contribution in [3.8, 4) is 5.75 Å². The highest BCUT2D eigenvalue weighted by Gasteiger charge is 2.31. The lowest BCUT2D eigenvalue weighted by Crippen LogP contribution is -2.39. The molecular formula is C21H25N3O3. The summed E-state index contributed by atoms with van der Waals surface area (Å²) < 4.78 is 5.43. The standard InChI is InChI=1S/C21H25N3O3/c1-4-27-18-10-8-17(9-11-18)24-13-16(12-20(24)25)22-21(26)23-19-7-5-6-14(2)15(19)3/h5-11,16H,4,12-13H2,1-3H3,(H2,22,23,26)/t16-/m1/s1. The molecule has 3 rings (SSSR count). The number of hydrogen-bond donors (Lipinski definition) is 2. The fourth-order valence-electron chi connectivity index (χ4n) is 3.17. The van der Waals surface area contributed by atoms with Gasteiger partial charge in [0.1, 0.15) is 5.75 Å². The number of carbonyl (C=O) groups is 2. The van der Waals surface area contributed by atoms with Gasteiger partial charge in [0.2, 0.25) is 5.91 Å². The number of aryl methyl sites for hydroxylation is 1. The van der Waals surface area contributed by atoms with Crippen molar-refractivity contribution >= 4 is 23.3 Å². The maximum absolute atomic E-state index is 12.4. The van der Waals surface area contributed by atoms with Crippen LogP contribution in [0, 0.1) is 13.8 Å². The Bertz CT molecular complexity index is 833. The predicted molar refractivity (Wildman–Crippen MR) is 106 cm³/mol. The van der Waals surface area contributed by atoms with E-state index in [0.29, 0.717) is 13.2 Å². The number of anilines is 2. The van der Waals surface area contributed by atoms with E-state index >= 15 is 0 Å². The van der Waals surface area contributed by atoms with Gasteiger partial charge in [0.25, 0.3) is 0 Å². The molecule has 3 amide bonds. The number of nitrogens with one attached hydrogen (secondary N) is 2. The molecule has 0 saturated carbocycles. The number of rotatable bonds is 5. The van der Waals surface area contributed by atoms with Crippen molar-refractivity contribution in [1.82, 2.24) is 5.32 Å². The largest absolute Gasteiger partial charge is 0.494 e. The second kappa shape index (κ2) is 8.12. The molecule has 1 heterocycles. The second-order valence-corrected chi connectivity index (χ2v) is 6.68. The summed E-state index contributed by atoms with van der Waals surface area (Å²) in [5.41, 5.74) is 3.74. The maximum Gasteiger partial charge on any atom is 0.319 e. The van der Waals surface area contributed by atoms with Crippen LogP contribution >= 0.6 is 0 Å². The second-order valence-electron chi connectivity index (χ2n) is 6.68. The molecule has 2 aromatic rings. The Balaban J connectivity index is 1.60. The molecule has 1 aliphatic rings. The van der Waals surface area contributed by atoms with E-state index in [1.165, 1.54) is 0 Å². The lowest BCUT2D eigenvalue weighted by Gasteiger charge is -2.18. The van der Waals surface area contributed by atoms with Gasteiger partial charge < -0.3 is 20.3 Å². The van der Waals surface area contributed by atoms with E-state index in [2.05, 4.69) is 10.6 Å². The molecule has 2 N–H and O–H groups in total. The quantitative estimate of drug-likeness (QED) is 0.848. The molecule has 0 unspecified atom stereocenters. The smallest absolute Gasteiger partial charge is 0.319 e. The van der Waals surface area contributed by atoms with Crippen LogP contribution in [-0.2, 0) is 4.79 Å². The van der Waals surface area contributed by atoms with Gasteiger partial charge in [-0.25, -0.2) is 4.79 Å². The first-order valence-corrected chi connectivity index (χ1v) is 9.15. The summed E-state index contributed by atoms with van der Waals surface area (Å²) in [5, 5.41) is 5.77. The molecule has 6 heteroatoms. The van der Waals surface area contributed by atoms with Crippen LogP contribution in [0.4, 0.5) is 16.2 Å². The van der Waals surface area contributed by atoms with Gasteiger partial charge in [0.15, 0.2) is 0 Å². The number of carbonyl (C=O) groups excluding carboxylic acids is 2. The molecule has 27 heavy (non-hydrogen) atoms. The fraction of sp³-hybridized carbons (Fsp3) is 0.333. The molecular weight excluding hydrogens is 342 g/mol. The van der Waals surface area contributed by atoms with Crippen molar-refractivity contribution in [1.29, 1.82) is 0 Å². The van der Waals surface area contributed by atoms with E-state index in [4.69, 9.17) is 4.74 Å². The molecule has 2 aromatic carbocycles. The molecule has 142 valence electrons. The van der Waals surface area contributed by atoms with Crippen molar-refractivity contribution in [2.24, 2.45) is 0 Å². The first-order chi connectivity index (χ1) is 13.0. The molecule has 6 nitrogen and oxygen atoms in total. The van der Waals surface area contributed by atoms with Crippen molar-refractivity contribution < 1.29 is 14.3 Å². The first kappa shape index (κ1) is 18.8. The Morgan fingerprint density at radius 3 is 2.63 bits per heavy atom. The third kappa shape index (κ3) is 4.39. The average molecular weight is 367 g/mol. The number of nitrogens with zero attached hydrogens (tertiary/aromatic N) is 1. The molecule has 0 aromatic heterocycles. The van der Waals surface area contributed by atoms with Crippen LogP contribution in [0.5, 0.6) is 5.75 Å². The number of hydrogen-bond acceptors (Lipinski definition) is 3. The fourth-order valence-corrected chi connectivity index (χ4v) is 3.17. The van der Waals surface area contributed by atoms with Crippen LogP contribution in [0.25, 0.3) is 0 Å². The van der Waals surface area contributed by atoms with E-state index in [-0.39, 0.29) is 24.4 Å². The SMILES string of the molecule is CCOc1ccc(N2C[C@H](NC(=O)Nc3cccc(C)c3C)CC2=O)cc1. The number of benzene rings is 2. The van der Waals surface area contributed by atoms with Crippen molar-refractivity contribution in [2.75, 3.05) is 23.4 Å². The van der Waals surface area contributed by atoms with Crippen molar-refractivity contribution in [3.63, 3.8) is 0 Å². The van der Waals surface area contributed by atoms with Crippen LogP contribution in [-0.4, -0.2) is 31.1 Å². The Hall–Kier alpha value is -3.02. The number of urea groups is 1. The summed E-state index contributed by atoms with van der Waals surface area (Å²) in [6, 6.07) is 12.7. The molecule has 0 aliphatic carbocycles. The van der Waals surface area contributed by atoms with E-state index in [0.717, 1.165) is 28.3 Å². The zero-order valence-electron chi connectivity index (χ0n) is 15.9. The highest BCUT2D eigenvalue weighted by atomic mass is 16.5. The molecule has 1 fully saturated rings. The summed E-state index contributed by atoms with van der Waals surface area (Å²) in [6.07, 6.45) is 0.285. The summed E-state index contributed by atoms with van der Waals surface area (Å²) in [4.78, 5) is 26.4. The zero-order valence-corrected chi connectivity index (χ0v) is 15.9. The van der Waals surface area contributed by atoms with Crippen LogP contribution < -0.4 is 20.3 Å². The van der Waals surface area contributed by atoms with Crippen LogP contribution in [0.2, 0.25) is 0 Å². The normalized spacial score (nSPS) is 16.3. The van der Waals surface area contributed by atoms with E-state index in [1.54, 1.807) is 4.90 Å². The van der Waals surface area contributed by atoms with Crippen LogP contribution in [0.3, 0.4) is 0 Å². The van der Waals surface area contributed by atoms with E-state index in [1.807, 2.05) is 63.2 Å². The Kier molecular flexibility index (Phi) is 5.64. The lowest BCUT2D eigenvalue weighted by atomic mass is 10.1. The van der Waals surface area contributed by atoms with Gasteiger partial charge in [-0.05, 0) is 62.2 Å². The zero-order chi connectivity index (χ0) is 19.4. The number of ether oxygens (including phenoxy) is 1. The van der Waals surface area contributed by atoms with Crippen molar-refractivity contribution in [3.05, 3.63) is 53.6 Å². The Morgan fingerprint density at radius 2 is 1.93 bits per heavy atom. The molecule has 1 atom stereocenters. The molecule has 0 spiro atoms. The summed E-state index contributed by atoms with van der Waals surface area (Å²) in [7, 11) is 0. The Morgan fingerprint density at radius 1 is 1.19 bits per heavy atom. The molecule has 0 radical (unpaired) electrons. The summed E-state index contributed by atoms with van der Waals surface area (Å²) in [6.45, 7) is 6.95. The number of amides is 3. The topological polar surface area (TPSA) is 70.7 Å². The average Bonchev–Trinajstić information content (AvgIpc) is 3.00. The third-order valence-electron chi connectivity index (χ3n) is 4.77. The van der Waals surface area contributed by atoms with Gasteiger partial charge in [0.05, 0.1) is 12.6 Å². The minimum atomic E-state index is -0.296. The van der Waals surface area contributed by atoms with Gasteiger partial charge in [-0.15, -0.1) is 0 Å². The predicted octanol–water partition coefficient (Wildman–Crippen LogP) is 3.63. The first-order valence-electron chi connectivity index (χ1n) is 9.15. The van der Waals surface area contributed by atoms with Gasteiger partial charge in [-0.2, -0.15) is 0 Å². The Labute approximate surface area is 159 Å². The van der Waals surface area contributed by atoms with Gasteiger partial charge >= 0.3 is 6.03 Å². The highest BCUT2D eigenvalue weighted by molar-refractivity contribution is 5.97. The maximum atomic E-state index is 12.4. The van der Waals surface area contributed by atoms with Crippen LogP contribution in [0.1, 0.15) is 24.5 Å². The summed E-state index contributed by atoms with van der Waals surface area (Å²) >= 11 is 0. The van der Waals surface area contributed by atoms with Gasteiger partial charge in [-0.1, -0.05) is 12.1 Å². The van der Waals surface area contributed by atoms with Crippen LogP contribution in [0.15, 0.2) is 42.5 Å². The van der Waals surface area contributed by atoms with E-state index < -0.39 is 0 Å². The molecule has 1 aliphatic heterocycles. The minimum absolute atomic E-state index is 0.00352. The lowest BCUT2D eigenvalue weighted by molar-refractivity contribution is -0.117. The molecule has 1 saturated heterocycles. The monoisotopic (exact) mass is 367 g/mol. The minimum Gasteiger partial charge on any atom is -0.494 e.